The standard InChI is InChI=1S/C20H23N7/c1-2-4-16(5-3-1)14-27-12-8-17(9-13-27)24-19-7-11-22-20(26-19)25-18-6-10-21-15-23-18/h1-7,10-11,15,17H,8-9,12-14H2,(H2,21,22,23,24,25,26). The van der Waals surface area contributed by atoms with Gasteiger partial charge in [0.25, 0.3) is 0 Å². The van der Waals surface area contributed by atoms with Crippen LogP contribution in [0.25, 0.3) is 0 Å². The fourth-order valence-electron chi connectivity index (χ4n) is 3.26. The number of aromatic nitrogens is 4. The highest BCUT2D eigenvalue weighted by molar-refractivity contribution is 5.49. The molecule has 0 amide bonds. The minimum atomic E-state index is 0.429. The van der Waals surface area contributed by atoms with Gasteiger partial charge in [-0.1, -0.05) is 30.3 Å². The van der Waals surface area contributed by atoms with Crippen LogP contribution in [0.15, 0.2) is 61.2 Å². The van der Waals surface area contributed by atoms with Gasteiger partial charge in [-0.3, -0.25) is 4.90 Å². The zero-order valence-electron chi connectivity index (χ0n) is 15.1. The van der Waals surface area contributed by atoms with E-state index in [2.05, 4.69) is 65.8 Å². The van der Waals surface area contributed by atoms with Gasteiger partial charge in [-0.25, -0.2) is 15.0 Å². The fourth-order valence-corrected chi connectivity index (χ4v) is 3.26. The van der Waals surface area contributed by atoms with E-state index in [9.17, 15) is 0 Å². The van der Waals surface area contributed by atoms with E-state index in [1.54, 1.807) is 18.5 Å². The maximum atomic E-state index is 4.54. The Hall–Kier alpha value is -3.06. The smallest absolute Gasteiger partial charge is 0.230 e. The molecule has 0 aliphatic carbocycles. The topological polar surface area (TPSA) is 78.9 Å². The summed E-state index contributed by atoms with van der Waals surface area (Å²) in [7, 11) is 0. The Labute approximate surface area is 158 Å². The highest BCUT2D eigenvalue weighted by Crippen LogP contribution is 2.18. The maximum Gasteiger partial charge on any atom is 0.230 e. The van der Waals surface area contributed by atoms with E-state index in [1.165, 1.54) is 11.9 Å². The second-order valence-electron chi connectivity index (χ2n) is 6.67. The Bertz CT molecular complexity index is 833. The van der Waals surface area contributed by atoms with E-state index < -0.39 is 0 Å². The van der Waals surface area contributed by atoms with Crippen LogP contribution in [0, 0.1) is 0 Å². The first-order chi connectivity index (χ1) is 13.3. The van der Waals surface area contributed by atoms with Crippen molar-refractivity contribution in [1.29, 1.82) is 0 Å². The van der Waals surface area contributed by atoms with Crippen LogP contribution in [-0.4, -0.2) is 44.0 Å². The van der Waals surface area contributed by atoms with E-state index >= 15 is 0 Å². The number of piperidine rings is 1. The molecule has 138 valence electrons. The van der Waals surface area contributed by atoms with Gasteiger partial charge in [0.15, 0.2) is 0 Å². The molecule has 7 nitrogen and oxygen atoms in total. The Morgan fingerprint density at radius 1 is 0.926 bits per heavy atom. The predicted octanol–water partition coefficient (Wildman–Crippen LogP) is 3.09. The molecule has 2 aromatic heterocycles. The Kier molecular flexibility index (Phi) is 5.50. The zero-order chi connectivity index (χ0) is 18.3. The highest BCUT2D eigenvalue weighted by atomic mass is 15.2. The fraction of sp³-hybridized carbons (Fsp3) is 0.300. The minimum absolute atomic E-state index is 0.429. The summed E-state index contributed by atoms with van der Waals surface area (Å²) in [4.78, 5) is 19.3. The van der Waals surface area contributed by atoms with Crippen molar-refractivity contribution in [3.8, 4) is 0 Å². The number of likely N-dealkylation sites (tertiary alicyclic amines) is 1. The quantitative estimate of drug-likeness (QED) is 0.698. The van der Waals surface area contributed by atoms with E-state index in [-0.39, 0.29) is 0 Å². The Balaban J connectivity index is 1.29. The molecule has 1 aliphatic rings. The number of nitrogens with zero attached hydrogens (tertiary/aromatic N) is 5. The van der Waals surface area contributed by atoms with Gasteiger partial charge in [0, 0.05) is 38.1 Å². The molecule has 3 aromatic rings. The lowest BCUT2D eigenvalue weighted by molar-refractivity contribution is 0.211. The van der Waals surface area contributed by atoms with Crippen molar-refractivity contribution < 1.29 is 0 Å². The van der Waals surface area contributed by atoms with Gasteiger partial charge in [-0.05, 0) is 30.5 Å². The lowest BCUT2D eigenvalue weighted by atomic mass is 10.0. The van der Waals surface area contributed by atoms with E-state index in [0.717, 1.165) is 38.3 Å². The van der Waals surface area contributed by atoms with Crippen LogP contribution < -0.4 is 10.6 Å². The zero-order valence-corrected chi connectivity index (χ0v) is 15.1. The second-order valence-corrected chi connectivity index (χ2v) is 6.67. The molecule has 0 radical (unpaired) electrons. The lowest BCUT2D eigenvalue weighted by Gasteiger charge is -2.32. The molecule has 2 N–H and O–H groups in total. The van der Waals surface area contributed by atoms with Gasteiger partial charge >= 0.3 is 0 Å². The molecule has 0 atom stereocenters. The maximum absolute atomic E-state index is 4.54. The van der Waals surface area contributed by atoms with Gasteiger partial charge < -0.3 is 10.6 Å². The van der Waals surface area contributed by atoms with Crippen LogP contribution in [0.4, 0.5) is 17.6 Å². The third kappa shape index (κ3) is 4.98. The second kappa shape index (κ2) is 8.55. The number of hydrogen-bond acceptors (Lipinski definition) is 7. The molecule has 0 spiro atoms. The molecule has 3 heterocycles. The number of anilines is 3. The summed E-state index contributed by atoms with van der Waals surface area (Å²) < 4.78 is 0. The van der Waals surface area contributed by atoms with Crippen LogP contribution in [0.1, 0.15) is 18.4 Å². The van der Waals surface area contributed by atoms with Crippen LogP contribution in [-0.2, 0) is 6.54 Å². The molecule has 1 fully saturated rings. The van der Waals surface area contributed by atoms with Crippen molar-refractivity contribution in [3.63, 3.8) is 0 Å². The molecular formula is C20H23N7. The van der Waals surface area contributed by atoms with Crippen molar-refractivity contribution >= 4 is 17.6 Å². The van der Waals surface area contributed by atoms with Crippen LogP contribution >= 0.6 is 0 Å². The predicted molar refractivity (Wildman–Crippen MR) is 106 cm³/mol. The summed E-state index contributed by atoms with van der Waals surface area (Å²) in [6, 6.07) is 14.8. The highest BCUT2D eigenvalue weighted by Gasteiger charge is 2.19. The number of rotatable bonds is 6. The summed E-state index contributed by atoms with van der Waals surface area (Å²) in [5.41, 5.74) is 1.38. The van der Waals surface area contributed by atoms with Crippen LogP contribution in [0.3, 0.4) is 0 Å². The summed E-state index contributed by atoms with van der Waals surface area (Å²) in [6.45, 7) is 3.20. The molecule has 1 aliphatic heterocycles. The summed E-state index contributed by atoms with van der Waals surface area (Å²) in [5, 5.41) is 6.64. The van der Waals surface area contributed by atoms with Crippen molar-refractivity contribution in [1.82, 2.24) is 24.8 Å². The average Bonchev–Trinajstić information content (AvgIpc) is 2.71. The molecule has 0 unspecified atom stereocenters. The number of nitrogens with one attached hydrogen (secondary N) is 2. The summed E-state index contributed by atoms with van der Waals surface area (Å²) >= 11 is 0. The molecule has 0 saturated carbocycles. The van der Waals surface area contributed by atoms with Crippen molar-refractivity contribution in [2.24, 2.45) is 0 Å². The molecule has 7 heteroatoms. The van der Waals surface area contributed by atoms with Gasteiger partial charge in [0.05, 0.1) is 0 Å². The molecule has 1 aromatic carbocycles. The first-order valence-electron chi connectivity index (χ1n) is 9.24. The van der Waals surface area contributed by atoms with Gasteiger partial charge in [-0.2, -0.15) is 4.98 Å². The van der Waals surface area contributed by atoms with Gasteiger partial charge in [-0.15, -0.1) is 0 Å². The molecule has 0 bridgehead atoms. The molecule has 27 heavy (non-hydrogen) atoms. The largest absolute Gasteiger partial charge is 0.367 e. The lowest BCUT2D eigenvalue weighted by Crippen LogP contribution is -2.38. The van der Waals surface area contributed by atoms with Gasteiger partial charge in [0.2, 0.25) is 5.95 Å². The third-order valence-corrected chi connectivity index (χ3v) is 4.67. The summed E-state index contributed by atoms with van der Waals surface area (Å²) in [6.07, 6.45) is 7.13. The first-order valence-corrected chi connectivity index (χ1v) is 9.24. The first kappa shape index (κ1) is 17.4. The van der Waals surface area contributed by atoms with Crippen molar-refractivity contribution in [2.75, 3.05) is 23.7 Å². The molecule has 4 rings (SSSR count). The minimum Gasteiger partial charge on any atom is -0.367 e. The Morgan fingerprint density at radius 3 is 2.52 bits per heavy atom. The SMILES string of the molecule is c1ccc(CN2CCC(Nc3ccnc(Nc4ccncn4)n3)CC2)cc1. The van der Waals surface area contributed by atoms with Crippen molar-refractivity contribution in [2.45, 2.75) is 25.4 Å². The average molecular weight is 361 g/mol. The van der Waals surface area contributed by atoms with Crippen molar-refractivity contribution in [3.05, 3.63) is 66.7 Å². The normalized spacial score (nSPS) is 15.4. The Morgan fingerprint density at radius 2 is 1.74 bits per heavy atom. The molecule has 1 saturated heterocycles. The summed E-state index contributed by atoms with van der Waals surface area (Å²) in [5.74, 6) is 2.04. The van der Waals surface area contributed by atoms with E-state index in [4.69, 9.17) is 0 Å². The third-order valence-electron chi connectivity index (χ3n) is 4.67. The van der Waals surface area contributed by atoms with Crippen LogP contribution in [0.2, 0.25) is 0 Å². The van der Waals surface area contributed by atoms with Crippen LogP contribution in [0.5, 0.6) is 0 Å². The van der Waals surface area contributed by atoms with Gasteiger partial charge in [0.1, 0.15) is 18.0 Å². The van der Waals surface area contributed by atoms with E-state index in [0.29, 0.717) is 17.8 Å². The molecular weight excluding hydrogens is 338 g/mol. The number of hydrogen-bond donors (Lipinski definition) is 2. The van der Waals surface area contributed by atoms with E-state index in [1.807, 2.05) is 6.07 Å². The number of benzene rings is 1. The monoisotopic (exact) mass is 361 g/mol.